The quantitative estimate of drug-likeness (QED) is 0.337. The van der Waals surface area contributed by atoms with Crippen molar-refractivity contribution in [1.29, 1.82) is 0 Å². The SMILES string of the molecule is COc1ncc(-c2nc3c(n2C(C)CO)C(c2ccc(Cl)cc2)N(c2cccc(Cl)c2F)C3=O)c(OC)n1. The number of methoxy groups -OCH3 is 2. The molecule has 2 aromatic heterocycles. The summed E-state index contributed by atoms with van der Waals surface area (Å²) in [7, 11) is 2.86. The summed E-state index contributed by atoms with van der Waals surface area (Å²) in [6.07, 6.45) is 1.47. The highest BCUT2D eigenvalue weighted by Crippen LogP contribution is 2.46. The molecular formula is C26H22Cl2FN5O4. The lowest BCUT2D eigenvalue weighted by atomic mass is 10.0. The highest BCUT2D eigenvalue weighted by Gasteiger charge is 2.46. The van der Waals surface area contributed by atoms with Gasteiger partial charge in [0, 0.05) is 11.2 Å². The van der Waals surface area contributed by atoms with Crippen LogP contribution in [0.15, 0.2) is 48.7 Å². The van der Waals surface area contributed by atoms with E-state index in [1.807, 2.05) is 0 Å². The Hall–Kier alpha value is -3.73. The standard InChI is InChI=1S/C26H22Cl2FN5O4/c1-13(12-35)33-22-20(31-23(33)16-11-30-26(38-3)32-24(16)37-2)25(36)34(18-6-4-5-17(28)19(18)29)21(22)14-7-9-15(27)10-8-14/h4-11,13,21,35H,12H2,1-3H3. The number of ether oxygens (including phenoxy) is 2. The molecule has 2 unspecified atom stereocenters. The number of hydrogen-bond donors (Lipinski definition) is 1. The Morgan fingerprint density at radius 2 is 1.84 bits per heavy atom. The molecule has 5 rings (SSSR count). The van der Waals surface area contributed by atoms with Crippen molar-refractivity contribution in [2.45, 2.75) is 19.0 Å². The normalized spacial score (nSPS) is 15.5. The smallest absolute Gasteiger partial charge is 0.319 e. The molecule has 1 amide bonds. The Kier molecular flexibility index (Phi) is 6.95. The summed E-state index contributed by atoms with van der Waals surface area (Å²) in [4.78, 5) is 28.3. The molecule has 9 nitrogen and oxygen atoms in total. The number of benzene rings is 2. The third-order valence-corrected chi connectivity index (χ3v) is 6.86. The first-order chi connectivity index (χ1) is 18.3. The number of aromatic nitrogens is 4. The lowest BCUT2D eigenvalue weighted by molar-refractivity contribution is 0.0988. The van der Waals surface area contributed by atoms with Gasteiger partial charge in [0.25, 0.3) is 5.91 Å². The predicted molar refractivity (Wildman–Crippen MR) is 140 cm³/mol. The second-order valence-corrected chi connectivity index (χ2v) is 9.40. The summed E-state index contributed by atoms with van der Waals surface area (Å²) >= 11 is 12.2. The molecular weight excluding hydrogens is 536 g/mol. The molecule has 12 heteroatoms. The van der Waals surface area contributed by atoms with Crippen molar-refractivity contribution in [3.05, 3.63) is 81.5 Å². The molecule has 1 N–H and O–H groups in total. The lowest BCUT2D eigenvalue weighted by Crippen LogP contribution is -2.31. The Morgan fingerprint density at radius 1 is 1.11 bits per heavy atom. The highest BCUT2D eigenvalue weighted by atomic mass is 35.5. The van der Waals surface area contributed by atoms with Crippen LogP contribution >= 0.6 is 23.2 Å². The van der Waals surface area contributed by atoms with E-state index >= 15 is 4.39 Å². The zero-order chi connectivity index (χ0) is 27.1. The summed E-state index contributed by atoms with van der Waals surface area (Å²) in [5.74, 6) is -0.812. The van der Waals surface area contributed by atoms with Crippen LogP contribution in [-0.4, -0.2) is 51.4 Å². The first kappa shape index (κ1) is 25.9. The number of aliphatic hydroxyl groups excluding tert-OH is 1. The molecule has 0 bridgehead atoms. The first-order valence-electron chi connectivity index (χ1n) is 11.5. The number of amides is 1. The topological polar surface area (TPSA) is 103 Å². The largest absolute Gasteiger partial charge is 0.480 e. The van der Waals surface area contributed by atoms with E-state index in [2.05, 4.69) is 15.0 Å². The molecule has 0 saturated heterocycles. The van der Waals surface area contributed by atoms with E-state index in [0.29, 0.717) is 27.7 Å². The van der Waals surface area contributed by atoms with E-state index in [1.165, 1.54) is 37.4 Å². The highest BCUT2D eigenvalue weighted by molar-refractivity contribution is 6.31. The van der Waals surface area contributed by atoms with Crippen LogP contribution in [-0.2, 0) is 0 Å². The number of aliphatic hydroxyl groups is 1. The Balaban J connectivity index is 1.80. The van der Waals surface area contributed by atoms with Crippen LogP contribution < -0.4 is 14.4 Å². The number of carbonyl (C=O) groups is 1. The number of hydrogen-bond acceptors (Lipinski definition) is 7. The van der Waals surface area contributed by atoms with Gasteiger partial charge in [-0.3, -0.25) is 9.69 Å². The molecule has 2 aromatic carbocycles. The average molecular weight is 558 g/mol. The van der Waals surface area contributed by atoms with Crippen LogP contribution in [0, 0.1) is 5.82 Å². The van der Waals surface area contributed by atoms with Gasteiger partial charge in [-0.25, -0.2) is 14.4 Å². The monoisotopic (exact) mass is 557 g/mol. The van der Waals surface area contributed by atoms with E-state index in [4.69, 9.17) is 32.7 Å². The lowest BCUT2D eigenvalue weighted by Gasteiger charge is -2.29. The minimum Gasteiger partial charge on any atom is -0.480 e. The molecule has 4 aromatic rings. The minimum absolute atomic E-state index is 0.00411. The van der Waals surface area contributed by atoms with Crippen LogP contribution in [0.25, 0.3) is 11.4 Å². The second kappa shape index (κ2) is 10.2. The molecule has 38 heavy (non-hydrogen) atoms. The maximum atomic E-state index is 15.3. The number of nitrogens with zero attached hydrogens (tertiary/aromatic N) is 5. The maximum absolute atomic E-state index is 15.3. The van der Waals surface area contributed by atoms with Crippen LogP contribution in [0.4, 0.5) is 10.1 Å². The van der Waals surface area contributed by atoms with Gasteiger partial charge in [0.1, 0.15) is 11.9 Å². The summed E-state index contributed by atoms with van der Waals surface area (Å²) in [5, 5.41) is 10.6. The summed E-state index contributed by atoms with van der Waals surface area (Å²) in [6.45, 7) is 1.50. The van der Waals surface area contributed by atoms with E-state index in [0.717, 1.165) is 0 Å². The fraction of sp³-hybridized carbons (Fsp3) is 0.231. The zero-order valence-electron chi connectivity index (χ0n) is 20.5. The Labute approximate surface area is 227 Å². The molecule has 3 heterocycles. The zero-order valence-corrected chi connectivity index (χ0v) is 22.0. The van der Waals surface area contributed by atoms with Crippen LogP contribution in [0.5, 0.6) is 11.9 Å². The Bertz CT molecular complexity index is 1530. The maximum Gasteiger partial charge on any atom is 0.319 e. The molecule has 196 valence electrons. The molecule has 1 aliphatic heterocycles. The van der Waals surface area contributed by atoms with Gasteiger partial charge in [-0.1, -0.05) is 41.4 Å². The number of rotatable bonds is 7. The third-order valence-electron chi connectivity index (χ3n) is 6.32. The number of carbonyl (C=O) groups excluding carboxylic acids is 1. The fourth-order valence-electron chi connectivity index (χ4n) is 4.57. The number of fused-ring (bicyclic) bond motifs is 1. The molecule has 0 spiro atoms. The van der Waals surface area contributed by atoms with E-state index < -0.39 is 23.8 Å². The van der Waals surface area contributed by atoms with Crippen molar-refractivity contribution in [3.63, 3.8) is 0 Å². The summed E-state index contributed by atoms with van der Waals surface area (Å²) < 4.78 is 27.6. The molecule has 1 aliphatic rings. The van der Waals surface area contributed by atoms with E-state index in [9.17, 15) is 9.90 Å². The number of halogens is 3. The fourth-order valence-corrected chi connectivity index (χ4v) is 4.87. The van der Waals surface area contributed by atoms with E-state index in [-0.39, 0.29) is 34.9 Å². The third kappa shape index (κ3) is 4.14. The molecule has 0 radical (unpaired) electrons. The number of anilines is 1. The van der Waals surface area contributed by atoms with Crippen molar-refractivity contribution in [1.82, 2.24) is 19.5 Å². The minimum atomic E-state index is -0.817. The van der Waals surface area contributed by atoms with Crippen molar-refractivity contribution >= 4 is 34.8 Å². The summed E-state index contributed by atoms with van der Waals surface area (Å²) in [5.41, 5.74) is 1.56. The molecule has 0 saturated carbocycles. The predicted octanol–water partition coefficient (Wildman–Crippen LogP) is 5.11. The second-order valence-electron chi connectivity index (χ2n) is 8.55. The van der Waals surface area contributed by atoms with Gasteiger partial charge in [-0.15, -0.1) is 0 Å². The van der Waals surface area contributed by atoms with Crippen LogP contribution in [0.2, 0.25) is 10.0 Å². The van der Waals surface area contributed by atoms with E-state index in [1.54, 1.807) is 41.8 Å². The van der Waals surface area contributed by atoms with Gasteiger partial charge in [0.2, 0.25) is 5.88 Å². The van der Waals surface area contributed by atoms with Gasteiger partial charge >= 0.3 is 6.01 Å². The molecule has 0 aliphatic carbocycles. The van der Waals surface area contributed by atoms with Crippen molar-refractivity contribution in [2.24, 2.45) is 0 Å². The van der Waals surface area contributed by atoms with Crippen molar-refractivity contribution in [3.8, 4) is 23.3 Å². The van der Waals surface area contributed by atoms with Gasteiger partial charge < -0.3 is 19.1 Å². The van der Waals surface area contributed by atoms with Crippen LogP contribution in [0.1, 0.15) is 40.8 Å². The molecule has 2 atom stereocenters. The van der Waals surface area contributed by atoms with Gasteiger partial charge in [-0.2, -0.15) is 4.98 Å². The van der Waals surface area contributed by atoms with Gasteiger partial charge in [0.05, 0.1) is 48.8 Å². The molecule has 0 fully saturated rings. The first-order valence-corrected chi connectivity index (χ1v) is 12.3. The Morgan fingerprint density at radius 3 is 2.50 bits per heavy atom. The van der Waals surface area contributed by atoms with Crippen molar-refractivity contribution in [2.75, 3.05) is 25.7 Å². The summed E-state index contributed by atoms with van der Waals surface area (Å²) in [6, 6.07) is 10.1. The van der Waals surface area contributed by atoms with Crippen LogP contribution in [0.3, 0.4) is 0 Å². The van der Waals surface area contributed by atoms with Gasteiger partial charge in [-0.05, 0) is 36.8 Å². The van der Waals surface area contributed by atoms with Crippen molar-refractivity contribution < 1.29 is 23.8 Å². The average Bonchev–Trinajstić information content (AvgIpc) is 3.45. The van der Waals surface area contributed by atoms with Gasteiger partial charge in [0.15, 0.2) is 11.5 Å². The number of imidazole rings is 1.